The number of carbonyl (C=O) groups excluding carboxylic acids is 1. The summed E-state index contributed by atoms with van der Waals surface area (Å²) in [6.07, 6.45) is 1.53. The monoisotopic (exact) mass is 326 g/mol. The summed E-state index contributed by atoms with van der Waals surface area (Å²) in [5.41, 5.74) is 3.74. The fourth-order valence-corrected chi connectivity index (χ4v) is 2.23. The first kappa shape index (κ1) is 15.9. The normalized spacial score (nSPS) is 12.6. The Bertz CT molecular complexity index is 771. The number of nitrogens with zero attached hydrogens (tertiary/aromatic N) is 1. The topological polar surface area (TPSA) is 69.2 Å². The van der Waals surface area contributed by atoms with E-state index in [2.05, 4.69) is 10.5 Å². The van der Waals surface area contributed by atoms with Crippen molar-refractivity contribution in [3.05, 3.63) is 53.6 Å². The Morgan fingerprint density at radius 3 is 2.83 bits per heavy atom. The number of rotatable bonds is 5. The number of benzene rings is 2. The quantitative estimate of drug-likeness (QED) is 0.677. The lowest BCUT2D eigenvalue weighted by molar-refractivity contribution is 0.0949. The van der Waals surface area contributed by atoms with Crippen LogP contribution in [0.25, 0.3) is 0 Å². The van der Waals surface area contributed by atoms with Gasteiger partial charge < -0.3 is 14.2 Å². The van der Waals surface area contributed by atoms with Crippen LogP contribution in [0.3, 0.4) is 0 Å². The van der Waals surface area contributed by atoms with E-state index in [4.69, 9.17) is 14.2 Å². The summed E-state index contributed by atoms with van der Waals surface area (Å²) in [6.45, 7) is 4.04. The van der Waals surface area contributed by atoms with Gasteiger partial charge in [-0.05, 0) is 49.7 Å². The van der Waals surface area contributed by atoms with Crippen LogP contribution in [0, 0.1) is 0 Å². The Labute approximate surface area is 140 Å². The number of nitrogens with one attached hydrogen (secondary N) is 1. The van der Waals surface area contributed by atoms with E-state index in [1.165, 1.54) is 0 Å². The molecular formula is C18H18N2O4. The standard InChI is InChI=1S/C18H18N2O4/c1-12(2)24-15-6-4-3-5-14(15)18(21)20-19-10-13-7-8-16-17(9-13)23-11-22-16/h3-10,12H,11H2,1-2H3,(H,20,21)/b19-10+. The van der Waals surface area contributed by atoms with Crippen molar-refractivity contribution < 1.29 is 19.0 Å². The van der Waals surface area contributed by atoms with Gasteiger partial charge in [0.25, 0.3) is 5.91 Å². The second-order valence-corrected chi connectivity index (χ2v) is 5.47. The van der Waals surface area contributed by atoms with Gasteiger partial charge in [0.15, 0.2) is 11.5 Å². The smallest absolute Gasteiger partial charge is 0.275 e. The van der Waals surface area contributed by atoms with Crippen molar-refractivity contribution >= 4 is 12.1 Å². The van der Waals surface area contributed by atoms with Gasteiger partial charge in [0.2, 0.25) is 6.79 Å². The number of carbonyl (C=O) groups is 1. The van der Waals surface area contributed by atoms with Crippen molar-refractivity contribution in [2.45, 2.75) is 20.0 Å². The van der Waals surface area contributed by atoms with Crippen LogP contribution in [0.4, 0.5) is 0 Å². The molecule has 2 aromatic rings. The fourth-order valence-electron chi connectivity index (χ4n) is 2.23. The number of hydrazone groups is 1. The molecule has 0 radical (unpaired) electrons. The number of fused-ring (bicyclic) bond motifs is 1. The summed E-state index contributed by atoms with van der Waals surface area (Å²) < 4.78 is 16.2. The van der Waals surface area contributed by atoms with Gasteiger partial charge in [-0.3, -0.25) is 4.79 Å². The molecule has 1 N–H and O–H groups in total. The molecule has 0 aromatic heterocycles. The van der Waals surface area contributed by atoms with Crippen molar-refractivity contribution in [3.63, 3.8) is 0 Å². The molecule has 1 aliphatic rings. The number of amides is 1. The first-order valence-electron chi connectivity index (χ1n) is 7.62. The van der Waals surface area contributed by atoms with Crippen LogP contribution < -0.4 is 19.6 Å². The largest absolute Gasteiger partial charge is 0.490 e. The lowest BCUT2D eigenvalue weighted by Gasteiger charge is -2.12. The van der Waals surface area contributed by atoms with Gasteiger partial charge in [-0.2, -0.15) is 5.10 Å². The van der Waals surface area contributed by atoms with E-state index in [0.717, 1.165) is 5.56 Å². The van der Waals surface area contributed by atoms with Crippen LogP contribution in [0.1, 0.15) is 29.8 Å². The first-order chi connectivity index (χ1) is 11.6. The fraction of sp³-hybridized carbons (Fsp3) is 0.222. The molecule has 24 heavy (non-hydrogen) atoms. The molecule has 0 saturated heterocycles. The summed E-state index contributed by atoms with van der Waals surface area (Å²) in [4.78, 5) is 12.3. The van der Waals surface area contributed by atoms with Crippen molar-refractivity contribution in [1.82, 2.24) is 5.43 Å². The van der Waals surface area contributed by atoms with Crippen molar-refractivity contribution in [2.75, 3.05) is 6.79 Å². The van der Waals surface area contributed by atoms with Gasteiger partial charge in [0, 0.05) is 0 Å². The summed E-state index contributed by atoms with van der Waals surface area (Å²) in [5.74, 6) is 1.57. The molecule has 1 aliphatic heterocycles. The lowest BCUT2D eigenvalue weighted by Crippen LogP contribution is -2.19. The maximum atomic E-state index is 12.3. The number of hydrogen-bond donors (Lipinski definition) is 1. The summed E-state index contributed by atoms with van der Waals surface area (Å²) >= 11 is 0. The molecule has 0 unspecified atom stereocenters. The van der Waals surface area contributed by atoms with Crippen LogP contribution in [-0.2, 0) is 0 Å². The molecule has 2 aromatic carbocycles. The molecule has 6 heteroatoms. The highest BCUT2D eigenvalue weighted by Gasteiger charge is 2.13. The van der Waals surface area contributed by atoms with E-state index in [0.29, 0.717) is 22.8 Å². The van der Waals surface area contributed by atoms with E-state index in [1.807, 2.05) is 26.0 Å². The maximum absolute atomic E-state index is 12.3. The van der Waals surface area contributed by atoms with Gasteiger partial charge in [-0.1, -0.05) is 12.1 Å². The molecule has 124 valence electrons. The predicted octanol–water partition coefficient (Wildman–Crippen LogP) is 2.97. The molecule has 0 atom stereocenters. The Morgan fingerprint density at radius 2 is 2.00 bits per heavy atom. The Balaban J connectivity index is 1.67. The number of ether oxygens (including phenoxy) is 3. The third kappa shape index (κ3) is 3.65. The minimum absolute atomic E-state index is 0.0175. The second-order valence-electron chi connectivity index (χ2n) is 5.47. The molecule has 3 rings (SSSR count). The van der Waals surface area contributed by atoms with Gasteiger partial charge in [-0.15, -0.1) is 0 Å². The molecule has 0 spiro atoms. The minimum Gasteiger partial charge on any atom is -0.490 e. The zero-order valence-electron chi connectivity index (χ0n) is 13.5. The van der Waals surface area contributed by atoms with Crippen LogP contribution in [0.2, 0.25) is 0 Å². The summed E-state index contributed by atoms with van der Waals surface area (Å²) in [6, 6.07) is 12.5. The third-order valence-electron chi connectivity index (χ3n) is 3.27. The molecule has 0 aliphatic carbocycles. The van der Waals surface area contributed by atoms with Crippen LogP contribution in [0.5, 0.6) is 17.2 Å². The highest BCUT2D eigenvalue weighted by Crippen LogP contribution is 2.31. The van der Waals surface area contributed by atoms with Gasteiger partial charge >= 0.3 is 0 Å². The Kier molecular flexibility index (Phi) is 4.65. The lowest BCUT2D eigenvalue weighted by atomic mass is 10.2. The third-order valence-corrected chi connectivity index (χ3v) is 3.27. The van der Waals surface area contributed by atoms with Crippen LogP contribution in [0.15, 0.2) is 47.6 Å². The zero-order valence-corrected chi connectivity index (χ0v) is 13.5. The van der Waals surface area contributed by atoms with E-state index < -0.39 is 0 Å². The highest BCUT2D eigenvalue weighted by molar-refractivity contribution is 5.97. The van der Waals surface area contributed by atoms with Crippen molar-refractivity contribution in [2.24, 2.45) is 5.10 Å². The van der Waals surface area contributed by atoms with Crippen LogP contribution in [-0.4, -0.2) is 25.0 Å². The van der Waals surface area contributed by atoms with Gasteiger partial charge in [-0.25, -0.2) is 5.43 Å². The maximum Gasteiger partial charge on any atom is 0.275 e. The number of para-hydroxylation sites is 1. The van der Waals surface area contributed by atoms with E-state index in [9.17, 15) is 4.79 Å². The van der Waals surface area contributed by atoms with E-state index >= 15 is 0 Å². The minimum atomic E-state index is -0.330. The van der Waals surface area contributed by atoms with E-state index in [1.54, 1.807) is 36.5 Å². The summed E-state index contributed by atoms with van der Waals surface area (Å²) in [5, 5.41) is 3.99. The Hall–Kier alpha value is -3.02. The van der Waals surface area contributed by atoms with Gasteiger partial charge in [0.1, 0.15) is 5.75 Å². The first-order valence-corrected chi connectivity index (χ1v) is 7.62. The SMILES string of the molecule is CC(C)Oc1ccccc1C(=O)N/N=C/c1ccc2c(c1)OCO2. The van der Waals surface area contributed by atoms with Crippen molar-refractivity contribution in [3.8, 4) is 17.2 Å². The predicted molar refractivity (Wildman–Crippen MR) is 89.8 cm³/mol. The Morgan fingerprint density at radius 1 is 1.21 bits per heavy atom. The van der Waals surface area contributed by atoms with Crippen molar-refractivity contribution in [1.29, 1.82) is 0 Å². The molecule has 6 nitrogen and oxygen atoms in total. The molecule has 1 heterocycles. The molecule has 0 saturated carbocycles. The second kappa shape index (κ2) is 7.04. The average Bonchev–Trinajstić information content (AvgIpc) is 3.02. The van der Waals surface area contributed by atoms with Gasteiger partial charge in [0.05, 0.1) is 17.9 Å². The molecular weight excluding hydrogens is 308 g/mol. The average molecular weight is 326 g/mol. The number of hydrogen-bond acceptors (Lipinski definition) is 5. The molecule has 0 bridgehead atoms. The molecule has 1 amide bonds. The highest BCUT2D eigenvalue weighted by atomic mass is 16.7. The zero-order chi connectivity index (χ0) is 16.9. The summed E-state index contributed by atoms with van der Waals surface area (Å²) in [7, 11) is 0. The van der Waals surface area contributed by atoms with E-state index in [-0.39, 0.29) is 18.8 Å². The van der Waals surface area contributed by atoms with Crippen LogP contribution >= 0.6 is 0 Å². The molecule has 0 fully saturated rings.